The predicted octanol–water partition coefficient (Wildman–Crippen LogP) is 4.41. The van der Waals surface area contributed by atoms with Crippen LogP contribution in [0.25, 0.3) is 0 Å². The molecule has 0 heterocycles. The van der Waals surface area contributed by atoms with E-state index in [-0.39, 0.29) is 29.6 Å². The van der Waals surface area contributed by atoms with Gasteiger partial charge in [0.1, 0.15) is 11.6 Å². The molecule has 1 aliphatic carbocycles. The molecule has 0 atom stereocenters. The van der Waals surface area contributed by atoms with E-state index in [0.717, 1.165) is 24.0 Å². The maximum absolute atomic E-state index is 13.9. The fourth-order valence-electron chi connectivity index (χ4n) is 2.42. The van der Waals surface area contributed by atoms with E-state index in [0.29, 0.717) is 12.3 Å². The number of aryl methyl sites for hydroxylation is 1. The van der Waals surface area contributed by atoms with Crippen LogP contribution in [0.5, 0.6) is 0 Å². The van der Waals surface area contributed by atoms with Crippen LogP contribution in [0.2, 0.25) is 0 Å². The molecule has 1 aliphatic rings. The third-order valence-corrected chi connectivity index (χ3v) is 3.87. The summed E-state index contributed by atoms with van der Waals surface area (Å²) in [5, 5.41) is 2.59. The Labute approximate surface area is 128 Å². The maximum atomic E-state index is 13.9. The molecule has 0 aliphatic heterocycles. The van der Waals surface area contributed by atoms with E-state index in [4.69, 9.17) is 0 Å². The summed E-state index contributed by atoms with van der Waals surface area (Å²) in [5.74, 6) is -0.453. The highest BCUT2D eigenvalue weighted by Gasteiger charge is 2.24. The first-order valence-electron chi connectivity index (χ1n) is 7.45. The summed E-state index contributed by atoms with van der Waals surface area (Å²) in [5.41, 5.74) is 2.09. The fourth-order valence-corrected chi connectivity index (χ4v) is 2.42. The third kappa shape index (κ3) is 3.70. The van der Waals surface area contributed by atoms with Crippen molar-refractivity contribution in [3.05, 3.63) is 65.2 Å². The number of nitrogens with one attached hydrogen (secondary N) is 1. The molecule has 2 nitrogen and oxygen atoms in total. The van der Waals surface area contributed by atoms with Crippen LogP contribution in [-0.2, 0) is 11.2 Å². The molecular formula is C18H17F2NO. The molecule has 0 bridgehead atoms. The summed E-state index contributed by atoms with van der Waals surface area (Å²) in [7, 11) is 0. The third-order valence-electron chi connectivity index (χ3n) is 3.87. The van der Waals surface area contributed by atoms with Gasteiger partial charge in [0, 0.05) is 6.42 Å². The standard InChI is InChI=1S/C18H17F2NO/c19-15-7-1-12(2-8-15)3-10-18(22)21-17-9-6-14(11-16(17)20)13-4-5-13/h1-2,6-9,11,13H,3-5,10H2,(H,21,22). The van der Waals surface area contributed by atoms with E-state index in [9.17, 15) is 13.6 Å². The van der Waals surface area contributed by atoms with E-state index in [2.05, 4.69) is 5.32 Å². The van der Waals surface area contributed by atoms with E-state index in [1.54, 1.807) is 18.2 Å². The number of anilines is 1. The Hall–Kier alpha value is -2.23. The second-order valence-corrected chi connectivity index (χ2v) is 5.69. The van der Waals surface area contributed by atoms with Crippen molar-refractivity contribution in [1.29, 1.82) is 0 Å². The first-order chi connectivity index (χ1) is 10.6. The van der Waals surface area contributed by atoms with E-state index >= 15 is 0 Å². The lowest BCUT2D eigenvalue weighted by molar-refractivity contribution is -0.116. The van der Waals surface area contributed by atoms with Crippen LogP contribution in [0.15, 0.2) is 42.5 Å². The van der Waals surface area contributed by atoms with Gasteiger partial charge in [0.05, 0.1) is 5.69 Å². The number of hydrogen-bond acceptors (Lipinski definition) is 1. The topological polar surface area (TPSA) is 29.1 Å². The summed E-state index contributed by atoms with van der Waals surface area (Å²) in [6.07, 6.45) is 2.95. The van der Waals surface area contributed by atoms with Crippen LogP contribution >= 0.6 is 0 Å². The molecule has 3 rings (SSSR count). The van der Waals surface area contributed by atoms with Crippen molar-refractivity contribution in [3.63, 3.8) is 0 Å². The molecule has 1 fully saturated rings. The largest absolute Gasteiger partial charge is 0.324 e. The molecule has 4 heteroatoms. The van der Waals surface area contributed by atoms with Crippen molar-refractivity contribution in [2.24, 2.45) is 0 Å². The fraction of sp³-hybridized carbons (Fsp3) is 0.278. The zero-order chi connectivity index (χ0) is 15.5. The van der Waals surface area contributed by atoms with Crippen molar-refractivity contribution in [3.8, 4) is 0 Å². The van der Waals surface area contributed by atoms with Gasteiger partial charge in [-0.3, -0.25) is 4.79 Å². The first kappa shape index (κ1) is 14.7. The van der Waals surface area contributed by atoms with Crippen LogP contribution < -0.4 is 5.32 Å². The minimum atomic E-state index is -0.389. The zero-order valence-electron chi connectivity index (χ0n) is 12.1. The second kappa shape index (κ2) is 6.26. The highest BCUT2D eigenvalue weighted by molar-refractivity contribution is 5.91. The van der Waals surface area contributed by atoms with Gasteiger partial charge in [-0.2, -0.15) is 0 Å². The number of benzene rings is 2. The molecule has 0 unspecified atom stereocenters. The smallest absolute Gasteiger partial charge is 0.224 e. The van der Waals surface area contributed by atoms with Gasteiger partial charge in [0.15, 0.2) is 0 Å². The first-order valence-corrected chi connectivity index (χ1v) is 7.45. The molecular weight excluding hydrogens is 284 g/mol. The average molecular weight is 301 g/mol. The van der Waals surface area contributed by atoms with Crippen LogP contribution in [0, 0.1) is 11.6 Å². The van der Waals surface area contributed by atoms with Crippen LogP contribution in [0.1, 0.15) is 36.3 Å². The Morgan fingerprint density at radius 1 is 1.09 bits per heavy atom. The molecule has 0 saturated heterocycles. The lowest BCUT2D eigenvalue weighted by atomic mass is 10.1. The number of rotatable bonds is 5. The zero-order valence-corrected chi connectivity index (χ0v) is 12.1. The van der Waals surface area contributed by atoms with Crippen LogP contribution in [-0.4, -0.2) is 5.91 Å². The summed E-state index contributed by atoms with van der Waals surface area (Å²) in [4.78, 5) is 11.9. The van der Waals surface area contributed by atoms with Crippen molar-refractivity contribution in [2.75, 3.05) is 5.32 Å². The lowest BCUT2D eigenvalue weighted by Gasteiger charge is -2.08. The highest BCUT2D eigenvalue weighted by Crippen LogP contribution is 2.40. The van der Waals surface area contributed by atoms with Gasteiger partial charge in [-0.15, -0.1) is 0 Å². The van der Waals surface area contributed by atoms with Crippen molar-refractivity contribution < 1.29 is 13.6 Å². The Balaban J connectivity index is 1.56. The van der Waals surface area contributed by atoms with Gasteiger partial charge in [-0.25, -0.2) is 8.78 Å². The summed E-state index contributed by atoms with van der Waals surface area (Å²) < 4.78 is 26.7. The molecule has 0 radical (unpaired) electrons. The van der Waals surface area contributed by atoms with Crippen molar-refractivity contribution in [1.82, 2.24) is 0 Å². The molecule has 2 aromatic rings. The van der Waals surface area contributed by atoms with Crippen LogP contribution in [0.3, 0.4) is 0 Å². The SMILES string of the molecule is O=C(CCc1ccc(F)cc1)Nc1ccc(C2CC2)cc1F. The van der Waals surface area contributed by atoms with Crippen molar-refractivity contribution >= 4 is 11.6 Å². The number of hydrogen-bond donors (Lipinski definition) is 1. The minimum Gasteiger partial charge on any atom is -0.324 e. The molecule has 0 spiro atoms. The summed E-state index contributed by atoms with van der Waals surface area (Å²) in [6, 6.07) is 11.0. The molecule has 1 amide bonds. The second-order valence-electron chi connectivity index (χ2n) is 5.69. The summed E-state index contributed by atoms with van der Waals surface area (Å²) in [6.45, 7) is 0. The van der Waals surface area contributed by atoms with Gasteiger partial charge in [-0.05, 0) is 60.6 Å². The number of amides is 1. The van der Waals surface area contributed by atoms with E-state index in [1.807, 2.05) is 6.07 Å². The van der Waals surface area contributed by atoms with Gasteiger partial charge < -0.3 is 5.32 Å². The van der Waals surface area contributed by atoms with Gasteiger partial charge in [0.25, 0.3) is 0 Å². The highest BCUT2D eigenvalue weighted by atomic mass is 19.1. The normalized spacial score (nSPS) is 13.9. The van der Waals surface area contributed by atoms with Gasteiger partial charge >= 0.3 is 0 Å². The maximum Gasteiger partial charge on any atom is 0.224 e. The Morgan fingerprint density at radius 3 is 2.45 bits per heavy atom. The van der Waals surface area contributed by atoms with Gasteiger partial charge in [-0.1, -0.05) is 18.2 Å². The van der Waals surface area contributed by atoms with E-state index < -0.39 is 0 Å². The van der Waals surface area contributed by atoms with Gasteiger partial charge in [0.2, 0.25) is 5.91 Å². The molecule has 2 aromatic carbocycles. The quantitative estimate of drug-likeness (QED) is 0.870. The van der Waals surface area contributed by atoms with Crippen LogP contribution in [0.4, 0.5) is 14.5 Å². The summed E-state index contributed by atoms with van der Waals surface area (Å²) >= 11 is 0. The number of halogens is 2. The molecule has 0 aromatic heterocycles. The number of carbonyl (C=O) groups is 1. The van der Waals surface area contributed by atoms with Crippen molar-refractivity contribution in [2.45, 2.75) is 31.6 Å². The minimum absolute atomic E-state index is 0.216. The van der Waals surface area contributed by atoms with E-state index in [1.165, 1.54) is 18.2 Å². The monoisotopic (exact) mass is 301 g/mol. The average Bonchev–Trinajstić information content (AvgIpc) is 3.33. The molecule has 1 saturated carbocycles. The Kier molecular flexibility index (Phi) is 4.18. The Bertz CT molecular complexity index is 678. The molecule has 1 N–H and O–H groups in total. The molecule has 114 valence electrons. The number of carbonyl (C=O) groups excluding carboxylic acids is 1. The molecule has 22 heavy (non-hydrogen) atoms. The Morgan fingerprint density at radius 2 is 1.82 bits per heavy atom. The predicted molar refractivity (Wildman–Crippen MR) is 81.7 cm³/mol. The lowest BCUT2D eigenvalue weighted by Crippen LogP contribution is -2.13.